The first kappa shape index (κ1) is 14.1. The number of aryl methyl sites for hydroxylation is 1. The van der Waals surface area contributed by atoms with Crippen molar-refractivity contribution in [3.63, 3.8) is 0 Å². The van der Waals surface area contributed by atoms with E-state index in [1.54, 1.807) is 12.4 Å². The van der Waals surface area contributed by atoms with Gasteiger partial charge in [-0.1, -0.05) is 12.1 Å². The van der Waals surface area contributed by atoms with Gasteiger partial charge in [0, 0.05) is 38.6 Å². The van der Waals surface area contributed by atoms with Crippen molar-refractivity contribution in [1.29, 1.82) is 0 Å². The first-order valence-electron chi connectivity index (χ1n) is 6.66. The Morgan fingerprint density at radius 1 is 1.30 bits per heavy atom. The van der Waals surface area contributed by atoms with Crippen molar-refractivity contribution < 1.29 is 4.79 Å². The monoisotopic (exact) mass is 272 g/mol. The fourth-order valence-corrected chi connectivity index (χ4v) is 1.88. The number of rotatable bonds is 6. The van der Waals surface area contributed by atoms with Gasteiger partial charge in [0.1, 0.15) is 5.82 Å². The van der Waals surface area contributed by atoms with E-state index >= 15 is 0 Å². The molecule has 1 heterocycles. The number of aromatic amines is 1. The fourth-order valence-electron chi connectivity index (χ4n) is 1.88. The van der Waals surface area contributed by atoms with Crippen LogP contribution in [0.25, 0.3) is 0 Å². The van der Waals surface area contributed by atoms with Crippen molar-refractivity contribution in [2.45, 2.75) is 19.4 Å². The highest BCUT2D eigenvalue weighted by atomic mass is 16.1. The van der Waals surface area contributed by atoms with Crippen LogP contribution in [0.15, 0.2) is 36.7 Å². The molecule has 0 fully saturated rings. The lowest BCUT2D eigenvalue weighted by Crippen LogP contribution is -2.23. The summed E-state index contributed by atoms with van der Waals surface area (Å²) in [6.45, 7) is 0.450. The van der Waals surface area contributed by atoms with Crippen molar-refractivity contribution in [3.05, 3.63) is 48.0 Å². The molecule has 2 aromatic rings. The van der Waals surface area contributed by atoms with Crippen LogP contribution in [0.3, 0.4) is 0 Å². The summed E-state index contributed by atoms with van der Waals surface area (Å²) in [5.41, 5.74) is 2.33. The molecule has 0 aliphatic carbocycles. The topological polar surface area (TPSA) is 61.0 Å². The van der Waals surface area contributed by atoms with E-state index in [2.05, 4.69) is 44.5 Å². The second kappa shape index (κ2) is 6.75. The van der Waals surface area contributed by atoms with Gasteiger partial charge in [0.25, 0.3) is 0 Å². The quantitative estimate of drug-likeness (QED) is 0.842. The Bertz CT molecular complexity index is 532. The molecule has 0 aliphatic heterocycles. The minimum absolute atomic E-state index is 0.0399. The Morgan fingerprint density at radius 3 is 2.65 bits per heavy atom. The Hall–Kier alpha value is -2.30. The Balaban J connectivity index is 1.75. The molecule has 5 heteroatoms. The van der Waals surface area contributed by atoms with Gasteiger partial charge in [-0.3, -0.25) is 4.79 Å². The number of hydrogen-bond acceptors (Lipinski definition) is 3. The molecule has 0 spiro atoms. The van der Waals surface area contributed by atoms with E-state index in [-0.39, 0.29) is 5.91 Å². The molecule has 0 unspecified atom stereocenters. The molecule has 106 valence electrons. The van der Waals surface area contributed by atoms with Crippen molar-refractivity contribution >= 4 is 11.6 Å². The van der Waals surface area contributed by atoms with E-state index in [1.165, 1.54) is 5.56 Å². The number of nitrogens with one attached hydrogen (secondary N) is 2. The summed E-state index contributed by atoms with van der Waals surface area (Å²) in [7, 11) is 4.02. The van der Waals surface area contributed by atoms with Crippen molar-refractivity contribution in [3.8, 4) is 0 Å². The molecular weight excluding hydrogens is 252 g/mol. The average molecular weight is 272 g/mol. The highest BCUT2D eigenvalue weighted by molar-refractivity contribution is 5.76. The number of hydrogen-bond donors (Lipinski definition) is 2. The van der Waals surface area contributed by atoms with Crippen LogP contribution in [-0.2, 0) is 17.8 Å². The van der Waals surface area contributed by atoms with Crippen molar-refractivity contribution in [2.24, 2.45) is 0 Å². The third kappa shape index (κ3) is 4.12. The summed E-state index contributed by atoms with van der Waals surface area (Å²) in [5.74, 6) is 0.812. The maximum absolute atomic E-state index is 11.7. The summed E-state index contributed by atoms with van der Waals surface area (Å²) in [5, 5.41) is 2.84. The van der Waals surface area contributed by atoms with Crippen LogP contribution in [0.2, 0.25) is 0 Å². The van der Waals surface area contributed by atoms with Gasteiger partial charge >= 0.3 is 0 Å². The molecule has 20 heavy (non-hydrogen) atoms. The number of anilines is 1. The predicted molar refractivity (Wildman–Crippen MR) is 79.5 cm³/mol. The normalized spacial score (nSPS) is 10.3. The summed E-state index contributed by atoms with van der Waals surface area (Å²) in [6.07, 6.45) is 4.65. The number of amides is 1. The minimum atomic E-state index is 0.0399. The summed E-state index contributed by atoms with van der Waals surface area (Å²) in [4.78, 5) is 20.8. The lowest BCUT2D eigenvalue weighted by molar-refractivity contribution is -0.121. The smallest absolute Gasteiger partial charge is 0.220 e. The first-order chi connectivity index (χ1) is 9.65. The van der Waals surface area contributed by atoms with Crippen LogP contribution >= 0.6 is 0 Å². The van der Waals surface area contributed by atoms with Gasteiger partial charge in [-0.25, -0.2) is 4.98 Å². The average Bonchev–Trinajstić information content (AvgIpc) is 2.96. The van der Waals surface area contributed by atoms with Gasteiger partial charge in [0.15, 0.2) is 0 Å². The maximum atomic E-state index is 11.7. The molecular formula is C15H20N4O. The Morgan fingerprint density at radius 2 is 2.05 bits per heavy atom. The fraction of sp³-hybridized carbons (Fsp3) is 0.333. The maximum Gasteiger partial charge on any atom is 0.220 e. The summed E-state index contributed by atoms with van der Waals surface area (Å²) < 4.78 is 0. The highest BCUT2D eigenvalue weighted by Gasteiger charge is 2.03. The van der Waals surface area contributed by atoms with E-state index in [0.717, 1.165) is 17.9 Å². The van der Waals surface area contributed by atoms with E-state index in [4.69, 9.17) is 0 Å². The van der Waals surface area contributed by atoms with E-state index in [0.29, 0.717) is 13.0 Å². The number of imidazole rings is 1. The Kier molecular flexibility index (Phi) is 4.76. The molecule has 0 aliphatic rings. The van der Waals surface area contributed by atoms with Gasteiger partial charge < -0.3 is 15.2 Å². The van der Waals surface area contributed by atoms with Crippen LogP contribution < -0.4 is 10.2 Å². The van der Waals surface area contributed by atoms with Crippen molar-refractivity contribution in [2.75, 3.05) is 19.0 Å². The largest absolute Gasteiger partial charge is 0.378 e. The van der Waals surface area contributed by atoms with Gasteiger partial charge in [0.05, 0.1) is 6.54 Å². The number of benzene rings is 1. The summed E-state index contributed by atoms with van der Waals surface area (Å²) in [6, 6.07) is 8.26. The molecule has 1 aromatic carbocycles. The third-order valence-corrected chi connectivity index (χ3v) is 3.10. The molecule has 2 N–H and O–H groups in total. The molecule has 5 nitrogen and oxygen atoms in total. The van der Waals surface area contributed by atoms with E-state index < -0.39 is 0 Å². The third-order valence-electron chi connectivity index (χ3n) is 3.10. The van der Waals surface area contributed by atoms with Gasteiger partial charge in [0.2, 0.25) is 5.91 Å². The zero-order valence-electron chi connectivity index (χ0n) is 11.9. The number of nitrogens with zero attached hydrogens (tertiary/aromatic N) is 2. The molecule has 0 atom stereocenters. The van der Waals surface area contributed by atoms with Crippen LogP contribution in [0.1, 0.15) is 17.8 Å². The number of carbonyl (C=O) groups is 1. The number of carbonyl (C=O) groups excluding carboxylic acids is 1. The van der Waals surface area contributed by atoms with Gasteiger partial charge in [-0.2, -0.15) is 0 Å². The second-order valence-electron chi connectivity index (χ2n) is 4.87. The lowest BCUT2D eigenvalue weighted by atomic mass is 10.1. The van der Waals surface area contributed by atoms with Gasteiger partial charge in [-0.15, -0.1) is 0 Å². The number of aromatic nitrogens is 2. The van der Waals surface area contributed by atoms with Crippen LogP contribution in [-0.4, -0.2) is 30.0 Å². The van der Waals surface area contributed by atoms with Gasteiger partial charge in [-0.05, 0) is 24.1 Å². The zero-order valence-corrected chi connectivity index (χ0v) is 11.9. The molecule has 0 bridgehead atoms. The van der Waals surface area contributed by atoms with E-state index in [9.17, 15) is 4.79 Å². The van der Waals surface area contributed by atoms with Crippen molar-refractivity contribution in [1.82, 2.24) is 15.3 Å². The van der Waals surface area contributed by atoms with Crippen LogP contribution in [0.4, 0.5) is 5.69 Å². The van der Waals surface area contributed by atoms with Crippen LogP contribution in [0.5, 0.6) is 0 Å². The molecule has 0 saturated carbocycles. The predicted octanol–water partition coefficient (Wildman–Crippen LogP) is 1.72. The molecule has 1 aromatic heterocycles. The highest BCUT2D eigenvalue weighted by Crippen LogP contribution is 2.13. The molecule has 1 amide bonds. The lowest BCUT2D eigenvalue weighted by Gasteiger charge is -2.12. The Labute approximate surface area is 119 Å². The molecule has 0 radical (unpaired) electrons. The molecule has 0 saturated heterocycles. The number of H-pyrrole nitrogens is 1. The summed E-state index contributed by atoms with van der Waals surface area (Å²) >= 11 is 0. The first-order valence-corrected chi connectivity index (χ1v) is 6.66. The SMILES string of the molecule is CN(C)c1ccc(CCC(=O)NCc2ncc[nH]2)cc1. The van der Waals surface area contributed by atoms with E-state index in [1.807, 2.05) is 14.1 Å². The second-order valence-corrected chi connectivity index (χ2v) is 4.87. The minimum Gasteiger partial charge on any atom is -0.378 e. The molecule has 2 rings (SSSR count). The standard InChI is InChI=1S/C15H20N4O/c1-19(2)13-6-3-12(4-7-13)5-8-15(20)18-11-14-16-9-10-17-14/h3-4,6-7,9-10H,5,8,11H2,1-2H3,(H,16,17)(H,18,20). The van der Waals surface area contributed by atoms with Crippen LogP contribution in [0, 0.1) is 0 Å². The zero-order chi connectivity index (χ0) is 14.4.